The van der Waals surface area contributed by atoms with Gasteiger partial charge in [-0.15, -0.1) is 0 Å². The first-order valence-corrected chi connectivity index (χ1v) is 6.08. The molecular weight excluding hydrogens is 235 g/mol. The number of carbonyl (C=O) groups excluding carboxylic acids is 1. The van der Waals surface area contributed by atoms with E-state index in [2.05, 4.69) is 10.6 Å². The SMILES string of the molecule is CC(=O)Nc1cc(NCC2CCCO2)ccc1F. The summed E-state index contributed by atoms with van der Waals surface area (Å²) in [6, 6.07) is 4.57. The molecule has 0 saturated carbocycles. The minimum Gasteiger partial charge on any atom is -0.382 e. The fourth-order valence-electron chi connectivity index (χ4n) is 1.96. The molecule has 1 aliphatic heterocycles. The maximum atomic E-state index is 13.4. The van der Waals surface area contributed by atoms with Crippen molar-refractivity contribution in [2.75, 3.05) is 23.8 Å². The number of hydrogen-bond donors (Lipinski definition) is 2. The Morgan fingerprint density at radius 2 is 2.39 bits per heavy atom. The van der Waals surface area contributed by atoms with Gasteiger partial charge in [0.15, 0.2) is 0 Å². The number of halogens is 1. The molecule has 1 saturated heterocycles. The van der Waals surface area contributed by atoms with Crippen molar-refractivity contribution in [2.24, 2.45) is 0 Å². The minimum atomic E-state index is -0.437. The van der Waals surface area contributed by atoms with Gasteiger partial charge in [-0.1, -0.05) is 0 Å². The van der Waals surface area contributed by atoms with Crippen LogP contribution >= 0.6 is 0 Å². The Kier molecular flexibility index (Phi) is 4.15. The molecule has 18 heavy (non-hydrogen) atoms. The lowest BCUT2D eigenvalue weighted by Gasteiger charge is -2.13. The van der Waals surface area contributed by atoms with Gasteiger partial charge in [-0.3, -0.25) is 4.79 Å². The topological polar surface area (TPSA) is 50.4 Å². The summed E-state index contributed by atoms with van der Waals surface area (Å²) < 4.78 is 18.9. The van der Waals surface area contributed by atoms with Gasteiger partial charge in [-0.05, 0) is 31.0 Å². The molecule has 1 heterocycles. The van der Waals surface area contributed by atoms with Crippen molar-refractivity contribution < 1.29 is 13.9 Å². The molecule has 4 nitrogen and oxygen atoms in total. The second-order valence-corrected chi connectivity index (χ2v) is 4.39. The Hall–Kier alpha value is -1.62. The number of anilines is 2. The first-order valence-electron chi connectivity index (χ1n) is 6.08. The summed E-state index contributed by atoms with van der Waals surface area (Å²) in [6.07, 6.45) is 2.36. The summed E-state index contributed by atoms with van der Waals surface area (Å²) >= 11 is 0. The molecule has 0 bridgehead atoms. The van der Waals surface area contributed by atoms with Crippen LogP contribution in [0.4, 0.5) is 15.8 Å². The summed E-state index contributed by atoms with van der Waals surface area (Å²) in [7, 11) is 0. The van der Waals surface area contributed by atoms with E-state index in [9.17, 15) is 9.18 Å². The van der Waals surface area contributed by atoms with Crippen LogP contribution in [0, 0.1) is 5.82 Å². The third-order valence-corrected chi connectivity index (χ3v) is 2.83. The summed E-state index contributed by atoms with van der Waals surface area (Å²) in [6.45, 7) is 2.87. The van der Waals surface area contributed by atoms with Gasteiger partial charge < -0.3 is 15.4 Å². The van der Waals surface area contributed by atoms with Crippen molar-refractivity contribution in [3.8, 4) is 0 Å². The van der Waals surface area contributed by atoms with Crippen LogP contribution in [0.15, 0.2) is 18.2 Å². The molecule has 1 aromatic rings. The van der Waals surface area contributed by atoms with Crippen LogP contribution in [-0.4, -0.2) is 25.2 Å². The van der Waals surface area contributed by atoms with Gasteiger partial charge in [-0.25, -0.2) is 4.39 Å². The maximum Gasteiger partial charge on any atom is 0.221 e. The standard InChI is InChI=1S/C13H17FN2O2/c1-9(17)16-13-7-10(4-5-12(13)14)15-8-11-3-2-6-18-11/h4-5,7,11,15H,2-3,6,8H2,1H3,(H,16,17). The molecule has 0 radical (unpaired) electrons. The first kappa shape index (κ1) is 12.8. The zero-order valence-corrected chi connectivity index (χ0v) is 10.3. The number of benzene rings is 1. The van der Waals surface area contributed by atoms with Gasteiger partial charge in [0.1, 0.15) is 5.82 Å². The first-order chi connectivity index (χ1) is 8.65. The van der Waals surface area contributed by atoms with E-state index in [0.29, 0.717) is 6.54 Å². The number of nitrogens with one attached hydrogen (secondary N) is 2. The predicted molar refractivity (Wildman–Crippen MR) is 68.2 cm³/mol. The highest BCUT2D eigenvalue weighted by Gasteiger charge is 2.15. The monoisotopic (exact) mass is 252 g/mol. The van der Waals surface area contributed by atoms with Crippen LogP contribution < -0.4 is 10.6 Å². The second-order valence-electron chi connectivity index (χ2n) is 4.39. The fourth-order valence-corrected chi connectivity index (χ4v) is 1.96. The average Bonchev–Trinajstić information content (AvgIpc) is 2.82. The Bertz CT molecular complexity index is 431. The van der Waals surface area contributed by atoms with E-state index in [4.69, 9.17) is 4.74 Å². The summed E-state index contributed by atoms with van der Waals surface area (Å²) in [4.78, 5) is 10.9. The van der Waals surface area contributed by atoms with Crippen LogP contribution in [0.1, 0.15) is 19.8 Å². The predicted octanol–water partition coefficient (Wildman–Crippen LogP) is 2.38. The molecule has 1 amide bonds. The van der Waals surface area contributed by atoms with Crippen molar-refractivity contribution in [1.82, 2.24) is 0 Å². The van der Waals surface area contributed by atoms with Gasteiger partial charge >= 0.3 is 0 Å². The second kappa shape index (κ2) is 5.82. The van der Waals surface area contributed by atoms with E-state index >= 15 is 0 Å². The van der Waals surface area contributed by atoms with Crippen molar-refractivity contribution in [1.29, 1.82) is 0 Å². The molecule has 98 valence electrons. The fraction of sp³-hybridized carbons (Fsp3) is 0.462. The zero-order valence-electron chi connectivity index (χ0n) is 10.3. The maximum absolute atomic E-state index is 13.4. The lowest BCUT2D eigenvalue weighted by Crippen LogP contribution is -2.18. The lowest BCUT2D eigenvalue weighted by atomic mass is 10.2. The quantitative estimate of drug-likeness (QED) is 0.865. The molecule has 0 aromatic heterocycles. The van der Waals surface area contributed by atoms with Crippen LogP contribution in [-0.2, 0) is 9.53 Å². The van der Waals surface area contributed by atoms with Crippen LogP contribution in [0.2, 0.25) is 0 Å². The largest absolute Gasteiger partial charge is 0.382 e. The number of amides is 1. The highest BCUT2D eigenvalue weighted by molar-refractivity contribution is 5.89. The molecule has 1 aliphatic rings. The van der Waals surface area contributed by atoms with E-state index in [1.165, 1.54) is 13.0 Å². The van der Waals surface area contributed by atoms with Crippen LogP contribution in [0.3, 0.4) is 0 Å². The van der Waals surface area contributed by atoms with Crippen molar-refractivity contribution in [3.05, 3.63) is 24.0 Å². The van der Waals surface area contributed by atoms with Gasteiger partial charge in [0.05, 0.1) is 11.8 Å². The molecule has 1 aromatic carbocycles. The van der Waals surface area contributed by atoms with E-state index < -0.39 is 5.82 Å². The molecule has 1 atom stereocenters. The Morgan fingerprint density at radius 1 is 1.56 bits per heavy atom. The Morgan fingerprint density at radius 3 is 3.06 bits per heavy atom. The number of carbonyl (C=O) groups is 1. The molecule has 0 aliphatic carbocycles. The molecule has 1 fully saturated rings. The minimum absolute atomic E-state index is 0.194. The average molecular weight is 252 g/mol. The van der Waals surface area contributed by atoms with Gasteiger partial charge in [0, 0.05) is 25.8 Å². The smallest absolute Gasteiger partial charge is 0.221 e. The van der Waals surface area contributed by atoms with Crippen molar-refractivity contribution in [2.45, 2.75) is 25.9 Å². The third kappa shape index (κ3) is 3.43. The van der Waals surface area contributed by atoms with E-state index in [1.54, 1.807) is 12.1 Å². The van der Waals surface area contributed by atoms with E-state index in [0.717, 1.165) is 25.1 Å². The molecule has 2 rings (SSSR count). The highest BCUT2D eigenvalue weighted by Crippen LogP contribution is 2.20. The van der Waals surface area contributed by atoms with Crippen LogP contribution in [0.5, 0.6) is 0 Å². The number of hydrogen-bond acceptors (Lipinski definition) is 3. The van der Waals surface area contributed by atoms with Crippen molar-refractivity contribution in [3.63, 3.8) is 0 Å². The zero-order chi connectivity index (χ0) is 13.0. The summed E-state index contributed by atoms with van der Waals surface area (Å²) in [5, 5.41) is 5.64. The summed E-state index contributed by atoms with van der Waals surface area (Å²) in [5.74, 6) is -0.724. The normalized spacial score (nSPS) is 18.7. The molecule has 5 heteroatoms. The molecule has 0 spiro atoms. The molecule has 1 unspecified atom stereocenters. The highest BCUT2D eigenvalue weighted by atomic mass is 19.1. The van der Waals surface area contributed by atoms with Crippen molar-refractivity contribution >= 4 is 17.3 Å². The Labute approximate surface area is 106 Å². The molecular formula is C13H17FN2O2. The number of rotatable bonds is 4. The molecule has 2 N–H and O–H groups in total. The van der Waals surface area contributed by atoms with Gasteiger partial charge in [-0.2, -0.15) is 0 Å². The number of ether oxygens (including phenoxy) is 1. The van der Waals surface area contributed by atoms with Gasteiger partial charge in [0.2, 0.25) is 5.91 Å². The summed E-state index contributed by atoms with van der Waals surface area (Å²) in [5.41, 5.74) is 0.968. The Balaban J connectivity index is 1.97. The van der Waals surface area contributed by atoms with E-state index in [1.807, 2.05) is 0 Å². The van der Waals surface area contributed by atoms with E-state index in [-0.39, 0.29) is 17.7 Å². The van der Waals surface area contributed by atoms with Crippen LogP contribution in [0.25, 0.3) is 0 Å². The lowest BCUT2D eigenvalue weighted by molar-refractivity contribution is -0.114. The van der Waals surface area contributed by atoms with Gasteiger partial charge in [0.25, 0.3) is 0 Å². The third-order valence-electron chi connectivity index (χ3n) is 2.83.